The second kappa shape index (κ2) is 7.11. The first-order chi connectivity index (χ1) is 10.8. The summed E-state index contributed by atoms with van der Waals surface area (Å²) in [6.45, 7) is 2.05. The highest BCUT2D eigenvalue weighted by Crippen LogP contribution is 2.33. The Morgan fingerprint density at radius 3 is 3.09 bits per heavy atom. The predicted octanol–water partition coefficient (Wildman–Crippen LogP) is 3.92. The third kappa shape index (κ3) is 3.42. The van der Waals surface area contributed by atoms with Gasteiger partial charge in [0.1, 0.15) is 5.75 Å². The summed E-state index contributed by atoms with van der Waals surface area (Å²) in [4.78, 5) is 7.17. The molecule has 0 radical (unpaired) electrons. The molecule has 2 heterocycles. The molecule has 1 aromatic heterocycles. The van der Waals surface area contributed by atoms with Crippen molar-refractivity contribution in [3.63, 3.8) is 0 Å². The molecule has 4 nitrogen and oxygen atoms in total. The monoisotopic (exact) mass is 317 g/mol. The smallest absolute Gasteiger partial charge is 0.182 e. The average Bonchev–Trinajstić information content (AvgIpc) is 3.03. The molecule has 0 spiro atoms. The fourth-order valence-corrected chi connectivity index (χ4v) is 3.77. The van der Waals surface area contributed by atoms with Crippen LogP contribution < -0.4 is 10.1 Å². The summed E-state index contributed by atoms with van der Waals surface area (Å²) >= 11 is 1.67. The van der Waals surface area contributed by atoms with Gasteiger partial charge < -0.3 is 10.1 Å². The van der Waals surface area contributed by atoms with E-state index in [0.29, 0.717) is 6.04 Å². The molecule has 0 unspecified atom stereocenters. The Labute approximate surface area is 136 Å². The van der Waals surface area contributed by atoms with Crippen LogP contribution in [0.1, 0.15) is 36.6 Å². The van der Waals surface area contributed by atoms with E-state index in [9.17, 15) is 0 Å². The minimum absolute atomic E-state index is 0.462. The molecule has 3 rings (SSSR count). The van der Waals surface area contributed by atoms with Crippen LogP contribution in [-0.4, -0.2) is 30.6 Å². The molecule has 2 aromatic rings. The van der Waals surface area contributed by atoms with Crippen LogP contribution >= 0.6 is 11.3 Å². The number of anilines is 1. The molecule has 1 N–H and O–H groups in total. The van der Waals surface area contributed by atoms with Crippen molar-refractivity contribution in [2.24, 2.45) is 0 Å². The summed E-state index contributed by atoms with van der Waals surface area (Å²) in [5.74, 6) is 0.939. The quantitative estimate of drug-likeness (QED) is 0.907. The van der Waals surface area contributed by atoms with Gasteiger partial charge in [0, 0.05) is 25.0 Å². The summed E-state index contributed by atoms with van der Waals surface area (Å²) in [6.07, 6.45) is 3.76. The molecule has 5 heteroatoms. The van der Waals surface area contributed by atoms with Gasteiger partial charge in [0.25, 0.3) is 0 Å². The van der Waals surface area contributed by atoms with Crippen molar-refractivity contribution in [1.82, 2.24) is 9.88 Å². The van der Waals surface area contributed by atoms with E-state index in [1.807, 2.05) is 13.1 Å². The summed E-state index contributed by atoms with van der Waals surface area (Å²) in [5, 5.41) is 6.26. The molecule has 1 atom stereocenters. The maximum Gasteiger partial charge on any atom is 0.182 e. The van der Waals surface area contributed by atoms with Gasteiger partial charge in [-0.25, -0.2) is 4.98 Å². The van der Waals surface area contributed by atoms with Gasteiger partial charge in [0.15, 0.2) is 5.13 Å². The summed E-state index contributed by atoms with van der Waals surface area (Å²) in [5.41, 5.74) is 2.51. The zero-order valence-electron chi connectivity index (χ0n) is 13.2. The van der Waals surface area contributed by atoms with Crippen LogP contribution in [0.3, 0.4) is 0 Å². The van der Waals surface area contributed by atoms with Gasteiger partial charge >= 0.3 is 0 Å². The van der Waals surface area contributed by atoms with E-state index >= 15 is 0 Å². The fraction of sp³-hybridized carbons (Fsp3) is 0.471. The van der Waals surface area contributed by atoms with E-state index in [4.69, 9.17) is 4.74 Å². The lowest BCUT2D eigenvalue weighted by molar-refractivity contribution is 0.139. The Morgan fingerprint density at radius 1 is 1.41 bits per heavy atom. The lowest BCUT2D eigenvalue weighted by Crippen LogP contribution is -2.33. The Balaban J connectivity index is 1.78. The molecule has 1 aliphatic heterocycles. The molecule has 1 aromatic carbocycles. The van der Waals surface area contributed by atoms with E-state index in [-0.39, 0.29) is 0 Å². The minimum Gasteiger partial charge on any atom is -0.497 e. The first-order valence-corrected chi connectivity index (χ1v) is 8.68. The number of rotatable bonds is 5. The molecule has 0 saturated carbocycles. The predicted molar refractivity (Wildman–Crippen MR) is 91.7 cm³/mol. The first-order valence-electron chi connectivity index (χ1n) is 7.80. The van der Waals surface area contributed by atoms with Crippen molar-refractivity contribution in [2.75, 3.05) is 26.0 Å². The minimum atomic E-state index is 0.462. The largest absolute Gasteiger partial charge is 0.497 e. The number of piperidine rings is 1. The number of benzene rings is 1. The second-order valence-electron chi connectivity index (χ2n) is 5.65. The Kier molecular flexibility index (Phi) is 4.95. The van der Waals surface area contributed by atoms with Gasteiger partial charge in [-0.3, -0.25) is 4.90 Å². The number of nitrogens with one attached hydrogen (secondary N) is 1. The highest BCUT2D eigenvalue weighted by molar-refractivity contribution is 7.13. The van der Waals surface area contributed by atoms with Crippen molar-refractivity contribution in [3.8, 4) is 5.75 Å². The summed E-state index contributed by atoms with van der Waals surface area (Å²) in [7, 11) is 3.65. The van der Waals surface area contributed by atoms with E-state index in [1.165, 1.54) is 24.8 Å². The number of thiazole rings is 1. The van der Waals surface area contributed by atoms with Crippen LogP contribution in [0.5, 0.6) is 5.75 Å². The van der Waals surface area contributed by atoms with Crippen molar-refractivity contribution in [2.45, 2.75) is 31.8 Å². The number of likely N-dealkylation sites (tertiary alicyclic amines) is 1. The highest BCUT2D eigenvalue weighted by Gasteiger charge is 2.24. The number of aromatic nitrogens is 1. The summed E-state index contributed by atoms with van der Waals surface area (Å²) < 4.78 is 5.38. The van der Waals surface area contributed by atoms with Crippen LogP contribution in [0.25, 0.3) is 0 Å². The molecular weight excluding hydrogens is 294 g/mol. The van der Waals surface area contributed by atoms with Gasteiger partial charge in [0.05, 0.1) is 12.8 Å². The third-order valence-electron chi connectivity index (χ3n) is 4.22. The van der Waals surface area contributed by atoms with Crippen LogP contribution in [0.2, 0.25) is 0 Å². The van der Waals surface area contributed by atoms with Gasteiger partial charge in [-0.15, -0.1) is 11.3 Å². The Bertz CT molecular complexity index is 613. The van der Waals surface area contributed by atoms with Gasteiger partial charge in [-0.05, 0) is 37.1 Å². The van der Waals surface area contributed by atoms with Crippen LogP contribution in [0.15, 0.2) is 29.6 Å². The second-order valence-corrected chi connectivity index (χ2v) is 6.51. The first kappa shape index (κ1) is 15.3. The van der Waals surface area contributed by atoms with Gasteiger partial charge in [-0.2, -0.15) is 0 Å². The number of hydrogen-bond donors (Lipinski definition) is 1. The maximum absolute atomic E-state index is 5.38. The number of methoxy groups -OCH3 is 1. The highest BCUT2D eigenvalue weighted by atomic mass is 32.1. The fourth-order valence-electron chi connectivity index (χ4n) is 3.11. The molecule has 118 valence electrons. The molecule has 0 aliphatic carbocycles. The summed E-state index contributed by atoms with van der Waals surface area (Å²) in [6, 6.07) is 8.94. The maximum atomic E-state index is 5.38. The molecule has 1 saturated heterocycles. The van der Waals surface area contributed by atoms with E-state index in [0.717, 1.165) is 29.7 Å². The van der Waals surface area contributed by atoms with Crippen molar-refractivity contribution in [3.05, 3.63) is 40.9 Å². The number of nitrogens with zero attached hydrogens (tertiary/aromatic N) is 2. The number of ether oxygens (including phenoxy) is 1. The molecule has 0 bridgehead atoms. The lowest BCUT2D eigenvalue weighted by atomic mass is 9.95. The van der Waals surface area contributed by atoms with E-state index < -0.39 is 0 Å². The molecule has 22 heavy (non-hydrogen) atoms. The van der Waals surface area contributed by atoms with E-state index in [2.05, 4.69) is 38.8 Å². The molecular formula is C17H23N3OS. The zero-order chi connectivity index (χ0) is 15.4. The Morgan fingerprint density at radius 2 is 2.32 bits per heavy atom. The van der Waals surface area contributed by atoms with Crippen LogP contribution in [0.4, 0.5) is 5.13 Å². The van der Waals surface area contributed by atoms with Crippen LogP contribution in [0, 0.1) is 0 Å². The van der Waals surface area contributed by atoms with Crippen molar-refractivity contribution < 1.29 is 4.74 Å². The standard InChI is InChI=1S/C17H23N3OS/c1-18-17-19-14(12-22-17)11-20-9-4-3-8-16(20)13-6-5-7-15(10-13)21-2/h5-7,10,12,16H,3-4,8-9,11H2,1-2H3,(H,18,19)/t16-/m0/s1. The van der Waals surface area contributed by atoms with Crippen molar-refractivity contribution in [1.29, 1.82) is 0 Å². The van der Waals surface area contributed by atoms with Gasteiger partial charge in [0.2, 0.25) is 0 Å². The molecule has 1 fully saturated rings. The van der Waals surface area contributed by atoms with Gasteiger partial charge in [-0.1, -0.05) is 18.6 Å². The third-order valence-corrected chi connectivity index (χ3v) is 5.13. The topological polar surface area (TPSA) is 37.4 Å². The van der Waals surface area contributed by atoms with Crippen molar-refractivity contribution >= 4 is 16.5 Å². The lowest BCUT2D eigenvalue weighted by Gasteiger charge is -2.35. The molecule has 1 aliphatic rings. The Hall–Kier alpha value is -1.59. The zero-order valence-corrected chi connectivity index (χ0v) is 14.0. The normalized spacial score (nSPS) is 19.1. The molecule has 0 amide bonds. The number of hydrogen-bond acceptors (Lipinski definition) is 5. The van der Waals surface area contributed by atoms with E-state index in [1.54, 1.807) is 18.4 Å². The average molecular weight is 317 g/mol. The van der Waals surface area contributed by atoms with Crippen LogP contribution in [-0.2, 0) is 6.54 Å². The SMILES string of the molecule is CNc1nc(CN2CCCC[C@H]2c2cccc(OC)c2)cs1.